The van der Waals surface area contributed by atoms with Crippen LogP contribution in [0.4, 0.5) is 0 Å². The Morgan fingerprint density at radius 2 is 1.85 bits per heavy atom. The molecule has 1 aromatic heterocycles. The van der Waals surface area contributed by atoms with E-state index < -0.39 is 0 Å². The third-order valence-electron chi connectivity index (χ3n) is 4.61. The van der Waals surface area contributed by atoms with Gasteiger partial charge in [-0.15, -0.1) is 0 Å². The van der Waals surface area contributed by atoms with E-state index in [4.69, 9.17) is 4.98 Å². The van der Waals surface area contributed by atoms with E-state index in [-0.39, 0.29) is 17.7 Å². The minimum Gasteiger partial charge on any atom is -0.352 e. The SMILES string of the molecule is CC(=O)C(C)n1c(CCCNC(=O)c2ccc(Br)cc2)nc2ccccc21. The van der Waals surface area contributed by atoms with Gasteiger partial charge in [0.05, 0.1) is 17.1 Å². The van der Waals surface area contributed by atoms with Crippen LogP contribution in [0, 0.1) is 0 Å². The number of aromatic nitrogens is 2. The molecule has 0 aliphatic carbocycles. The molecule has 3 aromatic rings. The second kappa shape index (κ2) is 8.48. The lowest BCUT2D eigenvalue weighted by molar-refractivity contribution is -0.119. The first kappa shape index (κ1) is 19.3. The van der Waals surface area contributed by atoms with Crippen molar-refractivity contribution in [1.29, 1.82) is 0 Å². The number of benzene rings is 2. The van der Waals surface area contributed by atoms with Crippen LogP contribution in [0.2, 0.25) is 0 Å². The summed E-state index contributed by atoms with van der Waals surface area (Å²) >= 11 is 3.36. The number of rotatable bonds is 7. The maximum atomic E-state index is 12.2. The molecule has 27 heavy (non-hydrogen) atoms. The van der Waals surface area contributed by atoms with Gasteiger partial charge in [0.2, 0.25) is 0 Å². The van der Waals surface area contributed by atoms with Crippen molar-refractivity contribution < 1.29 is 9.59 Å². The van der Waals surface area contributed by atoms with Crippen LogP contribution in [0.1, 0.15) is 42.5 Å². The average Bonchev–Trinajstić information content (AvgIpc) is 3.03. The monoisotopic (exact) mass is 427 g/mol. The Kier molecular flexibility index (Phi) is 6.06. The van der Waals surface area contributed by atoms with E-state index in [9.17, 15) is 9.59 Å². The smallest absolute Gasteiger partial charge is 0.251 e. The second-order valence-corrected chi connectivity index (χ2v) is 7.46. The van der Waals surface area contributed by atoms with E-state index in [0.29, 0.717) is 18.5 Å². The quantitative estimate of drug-likeness (QED) is 0.571. The molecule has 5 nitrogen and oxygen atoms in total. The fourth-order valence-corrected chi connectivity index (χ4v) is 3.30. The highest BCUT2D eigenvalue weighted by molar-refractivity contribution is 9.10. The molecular weight excluding hydrogens is 406 g/mol. The molecule has 0 aliphatic heterocycles. The van der Waals surface area contributed by atoms with Gasteiger partial charge >= 0.3 is 0 Å². The van der Waals surface area contributed by atoms with E-state index >= 15 is 0 Å². The molecule has 0 saturated carbocycles. The maximum absolute atomic E-state index is 12.2. The van der Waals surface area contributed by atoms with E-state index in [1.165, 1.54) is 0 Å². The molecule has 0 radical (unpaired) electrons. The van der Waals surface area contributed by atoms with Gasteiger partial charge in [-0.1, -0.05) is 28.1 Å². The standard InChI is InChI=1S/C21H22BrN3O2/c1-14(15(2)26)25-19-7-4-3-6-18(19)24-20(25)8-5-13-23-21(27)16-9-11-17(22)12-10-16/h3-4,6-7,9-12,14H,5,8,13H2,1-2H3,(H,23,27). The molecule has 140 valence electrons. The van der Waals surface area contributed by atoms with Gasteiger partial charge in [0, 0.05) is 23.0 Å². The number of Topliss-reactive ketones (excluding diaryl/α,β-unsaturated/α-hetero) is 1. The fourth-order valence-electron chi connectivity index (χ4n) is 3.04. The Labute approximate surface area is 166 Å². The van der Waals surface area contributed by atoms with E-state index in [0.717, 1.165) is 27.8 Å². The summed E-state index contributed by atoms with van der Waals surface area (Å²) < 4.78 is 2.95. The zero-order valence-electron chi connectivity index (χ0n) is 15.4. The van der Waals surface area contributed by atoms with Gasteiger partial charge in [0.25, 0.3) is 5.91 Å². The van der Waals surface area contributed by atoms with Crippen LogP contribution < -0.4 is 5.32 Å². The normalized spacial score (nSPS) is 12.1. The number of carbonyl (C=O) groups excluding carboxylic acids is 2. The third kappa shape index (κ3) is 4.45. The summed E-state index contributed by atoms with van der Waals surface area (Å²) in [4.78, 5) is 28.8. The third-order valence-corrected chi connectivity index (χ3v) is 5.14. The van der Waals surface area contributed by atoms with E-state index in [2.05, 4.69) is 21.2 Å². The highest BCUT2D eigenvalue weighted by atomic mass is 79.9. The molecule has 3 rings (SSSR count). The lowest BCUT2D eigenvalue weighted by Crippen LogP contribution is -2.25. The number of nitrogens with one attached hydrogen (secondary N) is 1. The van der Waals surface area contributed by atoms with Crippen LogP contribution >= 0.6 is 15.9 Å². The van der Waals surface area contributed by atoms with Gasteiger partial charge < -0.3 is 9.88 Å². The number of nitrogens with zero attached hydrogens (tertiary/aromatic N) is 2. The van der Waals surface area contributed by atoms with Gasteiger partial charge in [-0.05, 0) is 56.7 Å². The van der Waals surface area contributed by atoms with Gasteiger partial charge in [-0.25, -0.2) is 4.98 Å². The number of hydrogen-bond donors (Lipinski definition) is 1. The Balaban J connectivity index is 1.66. The number of carbonyl (C=O) groups is 2. The summed E-state index contributed by atoms with van der Waals surface area (Å²) in [6.07, 6.45) is 1.43. The van der Waals surface area contributed by atoms with Gasteiger partial charge in [0.1, 0.15) is 5.82 Å². The van der Waals surface area contributed by atoms with Crippen molar-refractivity contribution >= 4 is 38.7 Å². The molecule has 0 saturated heterocycles. The van der Waals surface area contributed by atoms with Crippen LogP contribution in [0.3, 0.4) is 0 Å². The molecular formula is C21H22BrN3O2. The summed E-state index contributed by atoms with van der Waals surface area (Å²) in [5, 5.41) is 2.94. The molecule has 0 spiro atoms. The number of hydrogen-bond acceptors (Lipinski definition) is 3. The number of imidazole rings is 1. The predicted molar refractivity (Wildman–Crippen MR) is 110 cm³/mol. The Bertz CT molecular complexity index is 963. The van der Waals surface area contributed by atoms with E-state index in [1.807, 2.05) is 47.9 Å². The summed E-state index contributed by atoms with van der Waals surface area (Å²) in [6.45, 7) is 4.05. The Morgan fingerprint density at radius 1 is 1.15 bits per heavy atom. The van der Waals surface area contributed by atoms with Crippen molar-refractivity contribution in [3.05, 3.63) is 64.4 Å². The average molecular weight is 428 g/mol. The van der Waals surface area contributed by atoms with Crippen LogP contribution in [0.15, 0.2) is 53.0 Å². The number of ketones is 1. The zero-order chi connectivity index (χ0) is 19.4. The largest absolute Gasteiger partial charge is 0.352 e. The lowest BCUT2D eigenvalue weighted by Gasteiger charge is -2.15. The van der Waals surface area contributed by atoms with Crippen molar-refractivity contribution in [1.82, 2.24) is 14.9 Å². The molecule has 0 aliphatic rings. The minimum atomic E-state index is -0.259. The van der Waals surface area contributed by atoms with Crippen LogP contribution in [-0.4, -0.2) is 27.8 Å². The maximum Gasteiger partial charge on any atom is 0.251 e. The number of fused-ring (bicyclic) bond motifs is 1. The number of halogens is 1. The predicted octanol–water partition coefficient (Wildman–Crippen LogP) is 4.31. The molecule has 1 atom stereocenters. The summed E-state index contributed by atoms with van der Waals surface area (Å²) in [5.74, 6) is 0.882. The molecule has 0 fully saturated rings. The summed E-state index contributed by atoms with van der Waals surface area (Å²) in [5.41, 5.74) is 2.49. The van der Waals surface area contributed by atoms with Crippen molar-refractivity contribution in [2.24, 2.45) is 0 Å². The van der Waals surface area contributed by atoms with Crippen LogP contribution in [0.25, 0.3) is 11.0 Å². The van der Waals surface area contributed by atoms with Crippen molar-refractivity contribution in [3.8, 4) is 0 Å². The van der Waals surface area contributed by atoms with E-state index in [1.54, 1.807) is 19.1 Å². The van der Waals surface area contributed by atoms with Crippen molar-refractivity contribution in [2.45, 2.75) is 32.7 Å². The van der Waals surface area contributed by atoms with Crippen LogP contribution in [0.5, 0.6) is 0 Å². The Morgan fingerprint density at radius 3 is 2.56 bits per heavy atom. The molecule has 1 N–H and O–H groups in total. The summed E-state index contributed by atoms with van der Waals surface area (Å²) in [7, 11) is 0. The van der Waals surface area contributed by atoms with Crippen molar-refractivity contribution in [2.75, 3.05) is 6.54 Å². The summed E-state index contributed by atoms with van der Waals surface area (Å²) in [6, 6.07) is 14.8. The molecule has 0 bridgehead atoms. The number of amides is 1. The number of para-hydroxylation sites is 2. The molecule has 6 heteroatoms. The fraction of sp³-hybridized carbons (Fsp3) is 0.286. The number of aryl methyl sites for hydroxylation is 1. The second-order valence-electron chi connectivity index (χ2n) is 6.54. The molecule has 1 amide bonds. The molecule has 1 heterocycles. The van der Waals surface area contributed by atoms with Gasteiger partial charge in [0.15, 0.2) is 5.78 Å². The van der Waals surface area contributed by atoms with Crippen molar-refractivity contribution in [3.63, 3.8) is 0 Å². The highest BCUT2D eigenvalue weighted by Crippen LogP contribution is 2.22. The minimum absolute atomic E-state index is 0.0897. The molecule has 1 unspecified atom stereocenters. The topological polar surface area (TPSA) is 64.0 Å². The molecule has 2 aromatic carbocycles. The Hall–Kier alpha value is -2.47. The highest BCUT2D eigenvalue weighted by Gasteiger charge is 2.18. The zero-order valence-corrected chi connectivity index (χ0v) is 17.0. The first-order valence-electron chi connectivity index (χ1n) is 8.97. The first-order valence-corrected chi connectivity index (χ1v) is 9.76. The van der Waals surface area contributed by atoms with Gasteiger partial charge in [-0.3, -0.25) is 9.59 Å². The lowest BCUT2D eigenvalue weighted by atomic mass is 10.2. The van der Waals surface area contributed by atoms with Crippen LogP contribution in [-0.2, 0) is 11.2 Å². The first-order chi connectivity index (χ1) is 13.0. The van der Waals surface area contributed by atoms with Gasteiger partial charge in [-0.2, -0.15) is 0 Å².